The van der Waals surface area contributed by atoms with Gasteiger partial charge in [-0.1, -0.05) is 24.3 Å². The molecule has 0 aliphatic rings. The van der Waals surface area contributed by atoms with Crippen molar-refractivity contribution in [1.82, 2.24) is 4.57 Å². The third-order valence-corrected chi connectivity index (χ3v) is 3.64. The van der Waals surface area contributed by atoms with Crippen LogP contribution in [0.5, 0.6) is 0 Å². The second-order valence-electron chi connectivity index (χ2n) is 5.18. The summed E-state index contributed by atoms with van der Waals surface area (Å²) in [6.07, 6.45) is 1.68. The molecule has 0 spiro atoms. The van der Waals surface area contributed by atoms with Gasteiger partial charge in [-0.15, -0.1) is 0 Å². The number of fused-ring (bicyclic) bond motifs is 1. The van der Waals surface area contributed by atoms with Gasteiger partial charge in [0.15, 0.2) is 5.78 Å². The number of para-hydroxylation sites is 1. The van der Waals surface area contributed by atoms with E-state index in [0.717, 1.165) is 5.56 Å². The van der Waals surface area contributed by atoms with Gasteiger partial charge in [0.1, 0.15) is 5.82 Å². The third-order valence-electron chi connectivity index (χ3n) is 3.64. The first-order valence-corrected chi connectivity index (χ1v) is 6.87. The summed E-state index contributed by atoms with van der Waals surface area (Å²) < 4.78 is 15.9. The van der Waals surface area contributed by atoms with Gasteiger partial charge in [-0.25, -0.2) is 4.39 Å². The fraction of sp³-hybridized carbons (Fsp3) is 0.111. The van der Waals surface area contributed by atoms with Crippen LogP contribution in [0, 0.1) is 17.1 Å². The normalized spacial score (nSPS) is 10.6. The third kappa shape index (κ3) is 2.38. The molecule has 4 heteroatoms. The lowest BCUT2D eigenvalue weighted by Crippen LogP contribution is -2.00. The lowest BCUT2D eigenvalue weighted by Gasteiger charge is -2.06. The fourth-order valence-corrected chi connectivity index (χ4v) is 2.66. The van der Waals surface area contributed by atoms with Crippen LogP contribution in [-0.4, -0.2) is 10.4 Å². The first kappa shape index (κ1) is 14.0. The Morgan fingerprint density at radius 3 is 2.77 bits per heavy atom. The predicted molar refractivity (Wildman–Crippen MR) is 82.2 cm³/mol. The first-order chi connectivity index (χ1) is 10.6. The van der Waals surface area contributed by atoms with Crippen molar-refractivity contribution >= 4 is 16.7 Å². The van der Waals surface area contributed by atoms with Crippen LogP contribution >= 0.6 is 0 Å². The molecule has 0 saturated heterocycles. The van der Waals surface area contributed by atoms with E-state index in [1.165, 1.54) is 13.0 Å². The lowest BCUT2D eigenvalue weighted by atomic mass is 10.1. The Labute approximate surface area is 127 Å². The van der Waals surface area contributed by atoms with E-state index in [2.05, 4.69) is 6.07 Å². The number of carbonyl (C=O) groups is 1. The molecule has 0 N–H and O–H groups in total. The topological polar surface area (TPSA) is 45.8 Å². The maximum Gasteiger partial charge on any atom is 0.161 e. The standard InChI is InChI=1S/C18H13FN2O/c1-12(22)16-11-21(18-15(16)6-3-7-17(18)19)10-14-5-2-4-13(8-14)9-20/h2-8,11H,10H2,1H3. The largest absolute Gasteiger partial charge is 0.340 e. The highest BCUT2D eigenvalue weighted by Crippen LogP contribution is 2.25. The minimum Gasteiger partial charge on any atom is -0.340 e. The van der Waals surface area contributed by atoms with Gasteiger partial charge < -0.3 is 4.57 Å². The highest BCUT2D eigenvalue weighted by molar-refractivity contribution is 6.07. The summed E-state index contributed by atoms with van der Waals surface area (Å²) in [7, 11) is 0. The van der Waals surface area contributed by atoms with Gasteiger partial charge in [0, 0.05) is 23.7 Å². The molecule has 0 fully saturated rings. The zero-order valence-electron chi connectivity index (χ0n) is 12.0. The zero-order valence-corrected chi connectivity index (χ0v) is 12.0. The summed E-state index contributed by atoms with van der Waals surface area (Å²) in [5, 5.41) is 9.57. The summed E-state index contributed by atoms with van der Waals surface area (Å²) in [5.74, 6) is -0.457. The quantitative estimate of drug-likeness (QED) is 0.687. The SMILES string of the molecule is CC(=O)c1cn(Cc2cccc(C#N)c2)c2c(F)cccc12. The van der Waals surface area contributed by atoms with Crippen LogP contribution in [0.25, 0.3) is 10.9 Å². The predicted octanol–water partition coefficient (Wildman–Crippen LogP) is 3.90. The van der Waals surface area contributed by atoms with Gasteiger partial charge in [0.25, 0.3) is 0 Å². The van der Waals surface area contributed by atoms with E-state index >= 15 is 0 Å². The van der Waals surface area contributed by atoms with E-state index in [1.807, 2.05) is 6.07 Å². The van der Waals surface area contributed by atoms with Crippen LogP contribution in [0.15, 0.2) is 48.7 Å². The molecule has 3 rings (SSSR count). The lowest BCUT2D eigenvalue weighted by molar-refractivity contribution is 0.101. The van der Waals surface area contributed by atoms with E-state index in [-0.39, 0.29) is 11.6 Å². The average Bonchev–Trinajstić information content (AvgIpc) is 2.88. The summed E-state index contributed by atoms with van der Waals surface area (Å²) in [6, 6.07) is 14.0. The van der Waals surface area contributed by atoms with Gasteiger partial charge in [-0.3, -0.25) is 4.79 Å². The maximum absolute atomic E-state index is 14.2. The van der Waals surface area contributed by atoms with E-state index in [4.69, 9.17) is 5.26 Å². The molecule has 0 amide bonds. The van der Waals surface area contributed by atoms with Crippen LogP contribution in [0.2, 0.25) is 0 Å². The molecule has 0 atom stereocenters. The maximum atomic E-state index is 14.2. The number of hydrogen-bond donors (Lipinski definition) is 0. The van der Waals surface area contributed by atoms with Crippen LogP contribution in [-0.2, 0) is 6.54 Å². The van der Waals surface area contributed by atoms with Crippen LogP contribution in [0.1, 0.15) is 28.4 Å². The highest BCUT2D eigenvalue weighted by atomic mass is 19.1. The van der Waals surface area contributed by atoms with Crippen molar-refractivity contribution in [1.29, 1.82) is 5.26 Å². The van der Waals surface area contributed by atoms with Crippen molar-refractivity contribution < 1.29 is 9.18 Å². The Kier molecular flexibility index (Phi) is 3.48. The number of aromatic nitrogens is 1. The van der Waals surface area contributed by atoms with Gasteiger partial charge >= 0.3 is 0 Å². The van der Waals surface area contributed by atoms with Crippen molar-refractivity contribution in [2.75, 3.05) is 0 Å². The number of halogens is 1. The Morgan fingerprint density at radius 2 is 2.05 bits per heavy atom. The Morgan fingerprint density at radius 1 is 1.27 bits per heavy atom. The molecule has 3 nitrogen and oxygen atoms in total. The van der Waals surface area contributed by atoms with Crippen LogP contribution in [0.4, 0.5) is 4.39 Å². The van der Waals surface area contributed by atoms with E-state index < -0.39 is 0 Å². The Hall–Kier alpha value is -2.93. The fourth-order valence-electron chi connectivity index (χ4n) is 2.66. The minimum atomic E-state index is -0.360. The number of nitriles is 1. The minimum absolute atomic E-state index is 0.0971. The highest BCUT2D eigenvalue weighted by Gasteiger charge is 2.15. The Bertz CT molecular complexity index is 918. The molecular weight excluding hydrogens is 279 g/mol. The van der Waals surface area contributed by atoms with Crippen molar-refractivity contribution in [2.24, 2.45) is 0 Å². The molecule has 3 aromatic rings. The second kappa shape index (κ2) is 5.45. The molecule has 0 radical (unpaired) electrons. The molecular formula is C18H13FN2O. The van der Waals surface area contributed by atoms with Crippen molar-refractivity contribution in [3.63, 3.8) is 0 Å². The molecule has 0 unspecified atom stereocenters. The van der Waals surface area contributed by atoms with E-state index in [0.29, 0.717) is 28.6 Å². The second-order valence-corrected chi connectivity index (χ2v) is 5.18. The molecule has 0 saturated carbocycles. The molecule has 1 aromatic heterocycles. The van der Waals surface area contributed by atoms with E-state index in [9.17, 15) is 9.18 Å². The number of rotatable bonds is 3. The monoisotopic (exact) mass is 292 g/mol. The molecule has 108 valence electrons. The molecule has 1 heterocycles. The summed E-state index contributed by atoms with van der Waals surface area (Å²) in [6.45, 7) is 1.88. The number of nitrogens with zero attached hydrogens (tertiary/aromatic N) is 2. The van der Waals surface area contributed by atoms with Gasteiger partial charge in [0.2, 0.25) is 0 Å². The number of Topliss-reactive ketones (excluding diaryl/α,β-unsaturated/α-hetero) is 1. The summed E-state index contributed by atoms with van der Waals surface area (Å²) >= 11 is 0. The molecule has 0 aliphatic carbocycles. The van der Waals surface area contributed by atoms with Gasteiger partial charge in [0.05, 0.1) is 17.1 Å². The van der Waals surface area contributed by atoms with E-state index in [1.54, 1.807) is 41.1 Å². The summed E-state index contributed by atoms with van der Waals surface area (Å²) in [4.78, 5) is 11.8. The number of benzene rings is 2. The van der Waals surface area contributed by atoms with Crippen LogP contribution in [0.3, 0.4) is 0 Å². The van der Waals surface area contributed by atoms with Crippen LogP contribution < -0.4 is 0 Å². The average molecular weight is 292 g/mol. The van der Waals surface area contributed by atoms with Gasteiger partial charge in [-0.05, 0) is 30.7 Å². The van der Waals surface area contributed by atoms with Crippen molar-refractivity contribution in [3.8, 4) is 6.07 Å². The smallest absolute Gasteiger partial charge is 0.161 e. The molecule has 0 aliphatic heterocycles. The summed E-state index contributed by atoms with van der Waals surface area (Å²) in [5.41, 5.74) is 2.36. The first-order valence-electron chi connectivity index (χ1n) is 6.87. The van der Waals surface area contributed by atoms with Crippen molar-refractivity contribution in [3.05, 3.63) is 71.2 Å². The zero-order chi connectivity index (χ0) is 15.7. The van der Waals surface area contributed by atoms with Gasteiger partial charge in [-0.2, -0.15) is 5.26 Å². The number of hydrogen-bond acceptors (Lipinski definition) is 2. The number of ketones is 1. The van der Waals surface area contributed by atoms with Crippen molar-refractivity contribution in [2.45, 2.75) is 13.5 Å². The Balaban J connectivity index is 2.14. The molecule has 0 bridgehead atoms. The molecule has 22 heavy (non-hydrogen) atoms. The number of carbonyl (C=O) groups excluding carboxylic acids is 1. The molecule has 2 aromatic carbocycles.